The number of thioether (sulfide) groups is 1. The Morgan fingerprint density at radius 1 is 1.25 bits per heavy atom. The Morgan fingerprint density at radius 3 is 2.79 bits per heavy atom. The molecule has 0 unspecified atom stereocenters. The van der Waals surface area contributed by atoms with Crippen LogP contribution in [0.15, 0.2) is 53.7 Å². The van der Waals surface area contributed by atoms with Gasteiger partial charge in [-0.3, -0.25) is 14.9 Å². The van der Waals surface area contributed by atoms with Gasteiger partial charge in [-0.25, -0.2) is 4.98 Å². The molecule has 0 saturated heterocycles. The number of carbonyl (C=O) groups is 1. The van der Waals surface area contributed by atoms with Gasteiger partial charge in [-0.05, 0) is 11.6 Å². The van der Waals surface area contributed by atoms with Gasteiger partial charge in [-0.1, -0.05) is 42.1 Å². The molecule has 0 spiro atoms. The molecule has 122 valence electrons. The monoisotopic (exact) mass is 343 g/mol. The number of aromatic amines is 1. The third kappa shape index (κ3) is 3.90. The Balaban J connectivity index is 1.57. The summed E-state index contributed by atoms with van der Waals surface area (Å²) < 4.78 is 5.18. The maximum absolute atomic E-state index is 11.8. The Bertz CT molecular complexity index is 879. The molecular formula is C16H13N3O4S. The van der Waals surface area contributed by atoms with Crippen LogP contribution in [-0.2, 0) is 16.1 Å². The van der Waals surface area contributed by atoms with E-state index in [1.54, 1.807) is 6.07 Å². The highest BCUT2D eigenvalue weighted by molar-refractivity contribution is 7.99. The van der Waals surface area contributed by atoms with Gasteiger partial charge in [0, 0.05) is 12.1 Å². The number of nitro groups is 1. The zero-order valence-corrected chi connectivity index (χ0v) is 13.3. The topological polar surface area (TPSA) is 98.1 Å². The standard InChI is InChI=1S/C16H13N3O4S/c20-15(23-9-11-4-2-1-3-5-11)10-24-16-17-13-7-6-12(19(21)22)8-14(13)18-16/h1-8H,9-10H2,(H,17,18). The van der Waals surface area contributed by atoms with Crippen LogP contribution in [0.2, 0.25) is 0 Å². The van der Waals surface area contributed by atoms with Gasteiger partial charge < -0.3 is 9.72 Å². The van der Waals surface area contributed by atoms with Crippen LogP contribution in [0.1, 0.15) is 5.56 Å². The number of esters is 1. The van der Waals surface area contributed by atoms with Crippen LogP contribution in [0.3, 0.4) is 0 Å². The van der Waals surface area contributed by atoms with Gasteiger partial charge in [0.25, 0.3) is 5.69 Å². The largest absolute Gasteiger partial charge is 0.460 e. The lowest BCUT2D eigenvalue weighted by Crippen LogP contribution is -2.07. The van der Waals surface area contributed by atoms with Crippen LogP contribution in [0.5, 0.6) is 0 Å². The summed E-state index contributed by atoms with van der Waals surface area (Å²) in [5.41, 5.74) is 2.09. The van der Waals surface area contributed by atoms with Crippen LogP contribution in [0.25, 0.3) is 11.0 Å². The molecule has 0 aliphatic rings. The van der Waals surface area contributed by atoms with Crippen molar-refractivity contribution < 1.29 is 14.5 Å². The highest BCUT2D eigenvalue weighted by Crippen LogP contribution is 2.23. The highest BCUT2D eigenvalue weighted by Gasteiger charge is 2.11. The molecule has 0 aliphatic carbocycles. The molecule has 7 nitrogen and oxygen atoms in total. The predicted molar refractivity (Wildman–Crippen MR) is 89.7 cm³/mol. The molecule has 0 bridgehead atoms. The van der Waals surface area contributed by atoms with Crippen molar-refractivity contribution in [2.45, 2.75) is 11.8 Å². The number of nitrogens with zero attached hydrogens (tertiary/aromatic N) is 2. The maximum atomic E-state index is 11.8. The van der Waals surface area contributed by atoms with Crippen LogP contribution in [0.4, 0.5) is 5.69 Å². The van der Waals surface area contributed by atoms with Gasteiger partial charge in [-0.2, -0.15) is 0 Å². The molecule has 0 saturated carbocycles. The summed E-state index contributed by atoms with van der Waals surface area (Å²) in [6.45, 7) is 0.229. The molecule has 24 heavy (non-hydrogen) atoms. The third-order valence-electron chi connectivity index (χ3n) is 3.22. The van der Waals surface area contributed by atoms with Crippen molar-refractivity contribution in [1.29, 1.82) is 0 Å². The van der Waals surface area contributed by atoms with E-state index in [2.05, 4.69) is 9.97 Å². The van der Waals surface area contributed by atoms with Crippen molar-refractivity contribution in [3.8, 4) is 0 Å². The minimum atomic E-state index is -0.464. The van der Waals surface area contributed by atoms with E-state index in [1.165, 1.54) is 23.9 Å². The lowest BCUT2D eigenvalue weighted by Gasteiger charge is -2.03. The summed E-state index contributed by atoms with van der Waals surface area (Å²) in [6.07, 6.45) is 0. The van der Waals surface area contributed by atoms with Gasteiger partial charge in [0.2, 0.25) is 0 Å². The van der Waals surface area contributed by atoms with Gasteiger partial charge in [0.05, 0.1) is 21.7 Å². The number of nitrogens with one attached hydrogen (secondary N) is 1. The summed E-state index contributed by atoms with van der Waals surface area (Å²) >= 11 is 1.19. The van der Waals surface area contributed by atoms with E-state index >= 15 is 0 Å². The summed E-state index contributed by atoms with van der Waals surface area (Å²) in [6, 6.07) is 13.8. The minimum absolute atomic E-state index is 0.00929. The van der Waals surface area contributed by atoms with Crippen molar-refractivity contribution in [3.63, 3.8) is 0 Å². The molecule has 0 atom stereocenters. The van der Waals surface area contributed by atoms with Gasteiger partial charge >= 0.3 is 5.97 Å². The van der Waals surface area contributed by atoms with E-state index in [0.717, 1.165) is 5.56 Å². The number of benzene rings is 2. The number of imidazole rings is 1. The van der Waals surface area contributed by atoms with E-state index in [0.29, 0.717) is 16.2 Å². The molecule has 0 amide bonds. The Labute approximate surface area is 141 Å². The van der Waals surface area contributed by atoms with Crippen LogP contribution in [-0.4, -0.2) is 26.6 Å². The summed E-state index contributed by atoms with van der Waals surface area (Å²) in [4.78, 5) is 29.3. The second kappa shape index (κ2) is 7.14. The SMILES string of the molecule is O=C(CSc1nc2ccc([N+](=O)[O-])cc2[nH]1)OCc1ccccc1. The first-order valence-corrected chi connectivity index (χ1v) is 8.07. The molecule has 3 rings (SSSR count). The number of carbonyl (C=O) groups excluding carboxylic acids is 1. The van der Waals surface area contributed by atoms with Crippen molar-refractivity contribution in [3.05, 3.63) is 64.2 Å². The van der Waals surface area contributed by atoms with Crippen LogP contribution < -0.4 is 0 Å². The summed E-state index contributed by atoms with van der Waals surface area (Å²) in [5, 5.41) is 11.3. The van der Waals surface area contributed by atoms with E-state index < -0.39 is 4.92 Å². The molecule has 3 aromatic rings. The molecule has 1 heterocycles. The second-order valence-corrected chi connectivity index (χ2v) is 5.90. The lowest BCUT2D eigenvalue weighted by molar-refractivity contribution is -0.384. The highest BCUT2D eigenvalue weighted by atomic mass is 32.2. The Hall–Kier alpha value is -2.87. The summed E-state index contributed by atoms with van der Waals surface area (Å²) in [7, 11) is 0. The number of non-ortho nitro benzene ring substituents is 1. The van der Waals surface area contributed by atoms with Gasteiger partial charge in [-0.15, -0.1) is 0 Å². The normalized spacial score (nSPS) is 10.7. The number of hydrogen-bond donors (Lipinski definition) is 1. The quantitative estimate of drug-likeness (QED) is 0.319. The maximum Gasteiger partial charge on any atom is 0.316 e. The predicted octanol–water partition coefficient (Wildman–Crippen LogP) is 3.31. The number of nitro benzene ring substituents is 1. The Kier molecular flexibility index (Phi) is 4.76. The molecule has 0 aliphatic heterocycles. The first-order chi connectivity index (χ1) is 11.6. The number of H-pyrrole nitrogens is 1. The average Bonchev–Trinajstić information content (AvgIpc) is 3.01. The molecule has 2 aromatic carbocycles. The fourth-order valence-corrected chi connectivity index (χ4v) is 2.75. The molecule has 1 aromatic heterocycles. The van der Waals surface area contributed by atoms with Crippen molar-refractivity contribution in [1.82, 2.24) is 9.97 Å². The van der Waals surface area contributed by atoms with Crippen LogP contribution in [0, 0.1) is 10.1 Å². The van der Waals surface area contributed by atoms with Gasteiger partial charge in [0.1, 0.15) is 6.61 Å². The average molecular weight is 343 g/mol. The zero-order chi connectivity index (χ0) is 16.9. The first kappa shape index (κ1) is 16.0. The smallest absolute Gasteiger partial charge is 0.316 e. The van der Waals surface area contributed by atoms with E-state index in [1.807, 2.05) is 30.3 Å². The number of hydrogen-bond acceptors (Lipinski definition) is 6. The third-order valence-corrected chi connectivity index (χ3v) is 4.07. The van der Waals surface area contributed by atoms with Crippen LogP contribution >= 0.6 is 11.8 Å². The molecule has 1 N–H and O–H groups in total. The molecule has 0 radical (unpaired) electrons. The zero-order valence-electron chi connectivity index (χ0n) is 12.5. The Morgan fingerprint density at radius 2 is 2.04 bits per heavy atom. The fraction of sp³-hybridized carbons (Fsp3) is 0.125. The van der Waals surface area contributed by atoms with E-state index in [4.69, 9.17) is 4.74 Å². The minimum Gasteiger partial charge on any atom is -0.460 e. The number of ether oxygens (including phenoxy) is 1. The molecule has 0 fully saturated rings. The van der Waals surface area contributed by atoms with Crippen molar-refractivity contribution >= 4 is 34.5 Å². The lowest BCUT2D eigenvalue weighted by atomic mass is 10.2. The van der Waals surface area contributed by atoms with Crippen molar-refractivity contribution in [2.75, 3.05) is 5.75 Å². The van der Waals surface area contributed by atoms with Crippen molar-refractivity contribution in [2.24, 2.45) is 0 Å². The second-order valence-electron chi connectivity index (χ2n) is 4.94. The number of rotatable bonds is 6. The first-order valence-electron chi connectivity index (χ1n) is 7.08. The number of aromatic nitrogens is 2. The fourth-order valence-electron chi connectivity index (χ4n) is 2.06. The van der Waals surface area contributed by atoms with Gasteiger partial charge in [0.15, 0.2) is 5.16 Å². The van der Waals surface area contributed by atoms with E-state index in [-0.39, 0.29) is 24.0 Å². The molecule has 8 heteroatoms. The van der Waals surface area contributed by atoms with E-state index in [9.17, 15) is 14.9 Å². The molecular weight excluding hydrogens is 330 g/mol. The number of fused-ring (bicyclic) bond motifs is 1. The summed E-state index contributed by atoms with van der Waals surface area (Å²) in [5.74, 6) is -0.246.